The lowest BCUT2D eigenvalue weighted by Crippen LogP contribution is -2.36. The minimum Gasteiger partial charge on any atom is -0.385 e. The fourth-order valence-corrected chi connectivity index (χ4v) is 2.24. The van der Waals surface area contributed by atoms with E-state index in [4.69, 9.17) is 0 Å². The molecule has 1 amide bonds. The van der Waals surface area contributed by atoms with Crippen molar-refractivity contribution in [1.82, 2.24) is 9.88 Å². The number of rotatable bonds is 4. The zero-order valence-electron chi connectivity index (χ0n) is 11.9. The van der Waals surface area contributed by atoms with E-state index in [0.717, 1.165) is 38.2 Å². The summed E-state index contributed by atoms with van der Waals surface area (Å²) in [4.78, 5) is 18.5. The van der Waals surface area contributed by atoms with Crippen molar-refractivity contribution in [3.8, 4) is 0 Å². The SMILES string of the molecule is CC(C)CNc1ccnc(C(=O)N2CCCCC2)c1. The highest BCUT2D eigenvalue weighted by atomic mass is 16.2. The predicted molar refractivity (Wildman–Crippen MR) is 77.3 cm³/mol. The molecule has 2 rings (SSSR count). The number of carbonyl (C=O) groups is 1. The lowest BCUT2D eigenvalue weighted by molar-refractivity contribution is 0.0718. The van der Waals surface area contributed by atoms with Crippen LogP contribution in [0.25, 0.3) is 0 Å². The minimum absolute atomic E-state index is 0.0629. The fraction of sp³-hybridized carbons (Fsp3) is 0.600. The van der Waals surface area contributed by atoms with Crippen LogP contribution in [0.5, 0.6) is 0 Å². The Balaban J connectivity index is 2.02. The van der Waals surface area contributed by atoms with E-state index in [0.29, 0.717) is 11.6 Å². The fourth-order valence-electron chi connectivity index (χ4n) is 2.24. The zero-order valence-corrected chi connectivity index (χ0v) is 11.9. The smallest absolute Gasteiger partial charge is 0.272 e. The molecule has 0 atom stereocenters. The highest BCUT2D eigenvalue weighted by molar-refractivity contribution is 5.93. The van der Waals surface area contributed by atoms with E-state index in [1.165, 1.54) is 6.42 Å². The Labute approximate surface area is 115 Å². The van der Waals surface area contributed by atoms with Gasteiger partial charge in [-0.2, -0.15) is 0 Å². The van der Waals surface area contributed by atoms with Crippen LogP contribution in [0.3, 0.4) is 0 Å². The lowest BCUT2D eigenvalue weighted by Gasteiger charge is -2.26. The summed E-state index contributed by atoms with van der Waals surface area (Å²) in [6.07, 6.45) is 5.15. The Morgan fingerprint density at radius 1 is 1.37 bits per heavy atom. The maximum absolute atomic E-state index is 12.3. The maximum atomic E-state index is 12.3. The van der Waals surface area contributed by atoms with Crippen LogP contribution in [0, 0.1) is 5.92 Å². The Kier molecular flexibility index (Phi) is 4.77. The van der Waals surface area contributed by atoms with Crippen molar-refractivity contribution in [3.63, 3.8) is 0 Å². The van der Waals surface area contributed by atoms with Crippen LogP contribution in [0.1, 0.15) is 43.6 Å². The van der Waals surface area contributed by atoms with Crippen LogP contribution in [-0.4, -0.2) is 35.4 Å². The van der Waals surface area contributed by atoms with Crippen molar-refractivity contribution in [3.05, 3.63) is 24.0 Å². The number of aromatic nitrogens is 1. The van der Waals surface area contributed by atoms with E-state index in [-0.39, 0.29) is 5.91 Å². The van der Waals surface area contributed by atoms with Gasteiger partial charge < -0.3 is 10.2 Å². The predicted octanol–water partition coefficient (Wildman–Crippen LogP) is 2.78. The van der Waals surface area contributed by atoms with Gasteiger partial charge in [0.2, 0.25) is 0 Å². The Hall–Kier alpha value is -1.58. The van der Waals surface area contributed by atoms with E-state index in [2.05, 4.69) is 24.1 Å². The molecule has 1 fully saturated rings. The molecular weight excluding hydrogens is 238 g/mol. The second kappa shape index (κ2) is 6.55. The van der Waals surface area contributed by atoms with E-state index >= 15 is 0 Å². The monoisotopic (exact) mass is 261 g/mol. The van der Waals surface area contributed by atoms with Gasteiger partial charge in [0.05, 0.1) is 0 Å². The van der Waals surface area contributed by atoms with Crippen LogP contribution >= 0.6 is 0 Å². The van der Waals surface area contributed by atoms with Gasteiger partial charge in [0.25, 0.3) is 5.91 Å². The molecule has 4 heteroatoms. The standard InChI is InChI=1S/C15H23N3O/c1-12(2)11-17-13-6-7-16-14(10-13)15(19)18-8-4-3-5-9-18/h6-7,10,12H,3-5,8-9,11H2,1-2H3,(H,16,17). The topological polar surface area (TPSA) is 45.2 Å². The molecule has 0 radical (unpaired) electrons. The summed E-state index contributed by atoms with van der Waals surface area (Å²) in [5.41, 5.74) is 1.53. The van der Waals surface area contributed by atoms with Crippen LogP contribution in [0.15, 0.2) is 18.3 Å². The van der Waals surface area contributed by atoms with Crippen molar-refractivity contribution >= 4 is 11.6 Å². The van der Waals surface area contributed by atoms with Gasteiger partial charge in [0.15, 0.2) is 0 Å². The normalized spacial score (nSPS) is 15.6. The molecule has 0 aliphatic carbocycles. The number of likely N-dealkylation sites (tertiary alicyclic amines) is 1. The van der Waals surface area contributed by atoms with Gasteiger partial charge in [-0.25, -0.2) is 0 Å². The molecule has 0 aromatic carbocycles. The molecule has 4 nitrogen and oxygen atoms in total. The third-order valence-electron chi connectivity index (χ3n) is 3.34. The maximum Gasteiger partial charge on any atom is 0.272 e. The molecule has 1 saturated heterocycles. The van der Waals surface area contributed by atoms with Gasteiger partial charge >= 0.3 is 0 Å². The lowest BCUT2D eigenvalue weighted by atomic mass is 10.1. The molecule has 0 saturated carbocycles. The second-order valence-corrected chi connectivity index (χ2v) is 5.56. The number of nitrogens with zero attached hydrogens (tertiary/aromatic N) is 2. The zero-order chi connectivity index (χ0) is 13.7. The Bertz CT molecular complexity index is 425. The van der Waals surface area contributed by atoms with Gasteiger partial charge in [0, 0.05) is 31.5 Å². The molecule has 0 spiro atoms. The first-order valence-corrected chi connectivity index (χ1v) is 7.16. The van der Waals surface area contributed by atoms with Gasteiger partial charge in [-0.3, -0.25) is 9.78 Å². The first-order chi connectivity index (χ1) is 9.16. The first-order valence-electron chi connectivity index (χ1n) is 7.16. The van der Waals surface area contributed by atoms with Gasteiger partial charge in [0.1, 0.15) is 5.69 Å². The van der Waals surface area contributed by atoms with Crippen molar-refractivity contribution in [2.45, 2.75) is 33.1 Å². The summed E-state index contributed by atoms with van der Waals surface area (Å²) >= 11 is 0. The van der Waals surface area contributed by atoms with Crippen molar-refractivity contribution in [2.75, 3.05) is 25.0 Å². The number of anilines is 1. The number of pyridine rings is 1. The number of hydrogen-bond acceptors (Lipinski definition) is 3. The number of nitrogens with one attached hydrogen (secondary N) is 1. The number of hydrogen-bond donors (Lipinski definition) is 1. The van der Waals surface area contributed by atoms with Crippen LogP contribution < -0.4 is 5.32 Å². The summed E-state index contributed by atoms with van der Waals surface area (Å²) in [7, 11) is 0. The molecule has 1 aliphatic rings. The number of amides is 1. The molecule has 0 bridgehead atoms. The molecular formula is C15H23N3O. The summed E-state index contributed by atoms with van der Waals surface area (Å²) in [6, 6.07) is 3.77. The van der Waals surface area contributed by atoms with Crippen molar-refractivity contribution in [2.24, 2.45) is 5.92 Å². The third kappa shape index (κ3) is 3.94. The Morgan fingerprint density at radius 2 is 2.11 bits per heavy atom. The molecule has 1 N–H and O–H groups in total. The molecule has 0 unspecified atom stereocenters. The average Bonchev–Trinajstić information content (AvgIpc) is 2.45. The summed E-state index contributed by atoms with van der Waals surface area (Å²) in [5, 5.41) is 3.33. The van der Waals surface area contributed by atoms with Crippen molar-refractivity contribution in [1.29, 1.82) is 0 Å². The van der Waals surface area contributed by atoms with Gasteiger partial charge in [-0.15, -0.1) is 0 Å². The summed E-state index contributed by atoms with van der Waals surface area (Å²) in [5.74, 6) is 0.641. The summed E-state index contributed by atoms with van der Waals surface area (Å²) < 4.78 is 0. The van der Waals surface area contributed by atoms with Gasteiger partial charge in [-0.1, -0.05) is 13.8 Å². The number of carbonyl (C=O) groups excluding carboxylic acids is 1. The van der Waals surface area contributed by atoms with Crippen LogP contribution in [-0.2, 0) is 0 Å². The molecule has 1 aromatic heterocycles. The molecule has 1 aromatic rings. The molecule has 104 valence electrons. The highest BCUT2D eigenvalue weighted by Crippen LogP contribution is 2.14. The van der Waals surface area contributed by atoms with E-state index in [1.54, 1.807) is 6.20 Å². The molecule has 19 heavy (non-hydrogen) atoms. The second-order valence-electron chi connectivity index (χ2n) is 5.56. The van der Waals surface area contributed by atoms with E-state index in [9.17, 15) is 4.79 Å². The number of piperidine rings is 1. The average molecular weight is 261 g/mol. The first kappa shape index (κ1) is 13.8. The van der Waals surface area contributed by atoms with Crippen molar-refractivity contribution < 1.29 is 4.79 Å². The van der Waals surface area contributed by atoms with Gasteiger partial charge in [-0.05, 0) is 37.3 Å². The summed E-state index contributed by atoms with van der Waals surface area (Å²) in [6.45, 7) is 6.96. The quantitative estimate of drug-likeness (QED) is 0.906. The molecule has 2 heterocycles. The van der Waals surface area contributed by atoms with E-state index in [1.807, 2.05) is 17.0 Å². The third-order valence-corrected chi connectivity index (χ3v) is 3.34. The highest BCUT2D eigenvalue weighted by Gasteiger charge is 2.19. The largest absolute Gasteiger partial charge is 0.385 e. The molecule has 1 aliphatic heterocycles. The Morgan fingerprint density at radius 3 is 2.79 bits per heavy atom. The van der Waals surface area contributed by atoms with Crippen LogP contribution in [0.2, 0.25) is 0 Å². The minimum atomic E-state index is 0.0629. The van der Waals surface area contributed by atoms with Crippen LogP contribution in [0.4, 0.5) is 5.69 Å². The van der Waals surface area contributed by atoms with E-state index < -0.39 is 0 Å².